The van der Waals surface area contributed by atoms with Gasteiger partial charge in [-0.25, -0.2) is 9.88 Å². The van der Waals surface area contributed by atoms with Gasteiger partial charge in [0.25, 0.3) is 0 Å². The zero-order chi connectivity index (χ0) is 23.2. The number of carbonyl (C=O) groups is 2. The van der Waals surface area contributed by atoms with E-state index >= 15 is 0 Å². The Kier molecular flexibility index (Phi) is 5.03. The first-order valence-corrected chi connectivity index (χ1v) is 12.1. The molecular formula is C28H22N2O3S. The normalized spacial score (nSPS) is 21.3. The highest BCUT2D eigenvalue weighted by atomic mass is 32.1. The topological polar surface area (TPSA) is 59.5 Å². The van der Waals surface area contributed by atoms with E-state index < -0.39 is 11.8 Å². The average molecular weight is 467 g/mol. The van der Waals surface area contributed by atoms with E-state index in [0.717, 1.165) is 32.5 Å². The molecule has 1 aliphatic heterocycles. The van der Waals surface area contributed by atoms with Crippen molar-refractivity contribution >= 4 is 28.8 Å². The number of hydrogen-bond acceptors (Lipinski definition) is 5. The van der Waals surface area contributed by atoms with Crippen LogP contribution in [-0.4, -0.2) is 23.9 Å². The first-order chi connectivity index (χ1) is 16.7. The highest BCUT2D eigenvalue weighted by molar-refractivity contribution is 7.15. The van der Waals surface area contributed by atoms with E-state index in [1.807, 2.05) is 84.9 Å². The van der Waals surface area contributed by atoms with Crippen LogP contribution in [0.3, 0.4) is 0 Å². The molecule has 6 rings (SSSR count). The summed E-state index contributed by atoms with van der Waals surface area (Å²) in [4.78, 5) is 34.9. The van der Waals surface area contributed by atoms with Crippen LogP contribution >= 0.6 is 11.3 Å². The summed E-state index contributed by atoms with van der Waals surface area (Å²) < 4.78 is 5.32. The lowest BCUT2D eigenvalue weighted by Crippen LogP contribution is -2.32. The third kappa shape index (κ3) is 3.25. The summed E-state index contributed by atoms with van der Waals surface area (Å²) in [5.74, 6) is -0.668. The molecule has 34 heavy (non-hydrogen) atoms. The number of rotatable bonds is 4. The Bertz CT molecular complexity index is 1370. The molecule has 1 fully saturated rings. The lowest BCUT2D eigenvalue weighted by Gasteiger charge is -2.30. The van der Waals surface area contributed by atoms with Crippen LogP contribution in [0.25, 0.3) is 10.6 Å². The van der Waals surface area contributed by atoms with Crippen LogP contribution in [0.5, 0.6) is 5.75 Å². The van der Waals surface area contributed by atoms with E-state index in [0.29, 0.717) is 12.1 Å². The number of anilines is 1. The zero-order valence-corrected chi connectivity index (χ0v) is 19.4. The van der Waals surface area contributed by atoms with Crippen molar-refractivity contribution in [1.82, 2.24) is 4.98 Å². The van der Waals surface area contributed by atoms with E-state index in [-0.39, 0.29) is 17.7 Å². The van der Waals surface area contributed by atoms with Crippen molar-refractivity contribution in [3.05, 3.63) is 101 Å². The summed E-state index contributed by atoms with van der Waals surface area (Å²) in [6, 6.07) is 27.0. The van der Waals surface area contributed by atoms with Crippen molar-refractivity contribution in [2.45, 2.75) is 18.3 Å². The van der Waals surface area contributed by atoms with E-state index in [1.165, 1.54) is 4.90 Å². The number of aromatic nitrogens is 1. The number of ether oxygens (including phenoxy) is 1. The molecule has 5 nitrogen and oxygen atoms in total. The van der Waals surface area contributed by atoms with E-state index in [9.17, 15) is 9.59 Å². The second-order valence-corrected chi connectivity index (χ2v) is 9.66. The number of amides is 2. The number of para-hydroxylation sites is 1. The minimum Gasteiger partial charge on any atom is -0.497 e. The van der Waals surface area contributed by atoms with Gasteiger partial charge in [0.05, 0.1) is 30.3 Å². The first-order valence-electron chi connectivity index (χ1n) is 11.3. The van der Waals surface area contributed by atoms with Crippen LogP contribution in [-0.2, 0) is 16.0 Å². The molecule has 0 spiro atoms. The summed E-state index contributed by atoms with van der Waals surface area (Å²) in [5, 5.41) is 0.887. The van der Waals surface area contributed by atoms with E-state index in [2.05, 4.69) is 0 Å². The van der Waals surface area contributed by atoms with Crippen molar-refractivity contribution in [3.63, 3.8) is 0 Å². The summed E-state index contributed by atoms with van der Waals surface area (Å²) in [5.41, 5.74) is 3.58. The summed E-state index contributed by atoms with van der Waals surface area (Å²) >= 11 is 1.54. The number of imide groups is 1. The molecule has 6 heteroatoms. The second kappa shape index (κ2) is 8.22. The first kappa shape index (κ1) is 20.8. The fourth-order valence-electron chi connectivity index (χ4n) is 5.17. The molecule has 168 valence electrons. The van der Waals surface area contributed by atoms with Gasteiger partial charge in [-0.3, -0.25) is 9.59 Å². The number of hydrogen-bond donors (Lipinski definition) is 0. The molecule has 2 amide bonds. The third-order valence-electron chi connectivity index (χ3n) is 6.79. The molecule has 1 saturated heterocycles. The Morgan fingerprint density at radius 3 is 2.24 bits per heavy atom. The average Bonchev–Trinajstić information content (AvgIpc) is 3.43. The predicted octanol–water partition coefficient (Wildman–Crippen LogP) is 5.43. The van der Waals surface area contributed by atoms with E-state index in [4.69, 9.17) is 9.72 Å². The molecule has 1 aliphatic carbocycles. The van der Waals surface area contributed by atoms with Gasteiger partial charge in [-0.05, 0) is 36.2 Å². The Morgan fingerprint density at radius 1 is 0.882 bits per heavy atom. The van der Waals surface area contributed by atoms with Crippen LogP contribution < -0.4 is 9.64 Å². The molecular weight excluding hydrogens is 444 g/mol. The molecule has 0 bridgehead atoms. The van der Waals surface area contributed by atoms with Crippen LogP contribution in [0.15, 0.2) is 84.9 Å². The highest BCUT2D eigenvalue weighted by Crippen LogP contribution is 2.53. The van der Waals surface area contributed by atoms with Gasteiger partial charge >= 0.3 is 0 Å². The number of methoxy groups -OCH3 is 1. The molecule has 0 saturated carbocycles. The van der Waals surface area contributed by atoms with Crippen molar-refractivity contribution in [1.29, 1.82) is 0 Å². The number of nitrogens with zero attached hydrogens (tertiary/aromatic N) is 2. The van der Waals surface area contributed by atoms with Gasteiger partial charge in [0.15, 0.2) is 0 Å². The third-order valence-corrected chi connectivity index (χ3v) is 8.02. The zero-order valence-electron chi connectivity index (χ0n) is 18.5. The maximum Gasteiger partial charge on any atom is 0.243 e. The maximum absolute atomic E-state index is 13.8. The lowest BCUT2D eigenvalue weighted by molar-refractivity contribution is -0.122. The van der Waals surface area contributed by atoms with Crippen molar-refractivity contribution in [2.24, 2.45) is 5.92 Å². The maximum atomic E-state index is 13.8. The minimum absolute atomic E-state index is 0.137. The molecule has 2 heterocycles. The van der Waals surface area contributed by atoms with Gasteiger partial charge in [-0.2, -0.15) is 0 Å². The molecule has 1 aromatic heterocycles. The molecule has 0 radical (unpaired) electrons. The van der Waals surface area contributed by atoms with Gasteiger partial charge in [0.2, 0.25) is 11.8 Å². The van der Waals surface area contributed by atoms with Gasteiger partial charge in [-0.1, -0.05) is 60.7 Å². The van der Waals surface area contributed by atoms with Crippen molar-refractivity contribution < 1.29 is 14.3 Å². The summed E-state index contributed by atoms with van der Waals surface area (Å²) in [6.45, 7) is 0. The van der Waals surface area contributed by atoms with Crippen LogP contribution in [0.4, 0.5) is 5.69 Å². The van der Waals surface area contributed by atoms with Crippen LogP contribution in [0.2, 0.25) is 0 Å². The molecule has 4 aromatic rings. The van der Waals surface area contributed by atoms with Crippen LogP contribution in [0.1, 0.15) is 28.0 Å². The fourth-order valence-corrected chi connectivity index (χ4v) is 6.41. The Morgan fingerprint density at radius 2 is 1.56 bits per heavy atom. The molecule has 2 aliphatic rings. The Labute approximate surface area is 201 Å². The quantitative estimate of drug-likeness (QED) is 0.376. The molecule has 0 unspecified atom stereocenters. The predicted molar refractivity (Wildman–Crippen MR) is 132 cm³/mol. The Balaban J connectivity index is 1.49. The number of carbonyl (C=O) groups excluding carboxylic acids is 2. The second-order valence-electron chi connectivity index (χ2n) is 8.63. The van der Waals surface area contributed by atoms with Crippen molar-refractivity contribution in [2.75, 3.05) is 12.0 Å². The van der Waals surface area contributed by atoms with Gasteiger partial charge in [0, 0.05) is 16.4 Å². The number of benzene rings is 3. The number of thiazole rings is 1. The van der Waals surface area contributed by atoms with E-state index in [1.54, 1.807) is 18.4 Å². The highest BCUT2D eigenvalue weighted by Gasteiger charge is 2.56. The largest absolute Gasteiger partial charge is 0.497 e. The van der Waals surface area contributed by atoms with Crippen LogP contribution in [0, 0.1) is 5.92 Å². The molecule has 3 atom stereocenters. The van der Waals surface area contributed by atoms with Gasteiger partial charge in [-0.15, -0.1) is 11.3 Å². The number of fused-ring (bicyclic) bond motifs is 3. The molecule has 3 aromatic carbocycles. The summed E-state index contributed by atoms with van der Waals surface area (Å²) in [7, 11) is 1.63. The smallest absolute Gasteiger partial charge is 0.243 e. The monoisotopic (exact) mass is 466 g/mol. The lowest BCUT2D eigenvalue weighted by atomic mass is 9.72. The SMILES string of the molecule is COc1ccc([C@@H]2Cc3nc(-c4ccccc4)sc3[C@@H]3C(=O)N(c4ccccc4)C(=O)[C@H]23)cc1. The van der Waals surface area contributed by atoms with Crippen molar-refractivity contribution in [3.8, 4) is 16.3 Å². The van der Waals surface area contributed by atoms with Gasteiger partial charge in [0.1, 0.15) is 10.8 Å². The molecule has 0 N–H and O–H groups in total. The Hall–Kier alpha value is -3.77. The van der Waals surface area contributed by atoms with Gasteiger partial charge < -0.3 is 4.74 Å². The standard InChI is InChI=1S/C28H22N2O3S/c1-33-20-14-12-17(13-15-20)21-16-22-25(34-26(29-22)18-8-4-2-5-9-18)24-23(21)27(31)30(28(24)32)19-10-6-3-7-11-19/h2-15,21,23-24H,16H2,1H3/t21-,23+,24+/m0/s1. The minimum atomic E-state index is -0.529. The summed E-state index contributed by atoms with van der Waals surface area (Å²) in [6.07, 6.45) is 0.619. The fraction of sp³-hybridized carbons (Fsp3) is 0.179.